The van der Waals surface area contributed by atoms with Crippen LogP contribution in [0.2, 0.25) is 0 Å². The lowest BCUT2D eigenvalue weighted by molar-refractivity contribution is 0.0967. The summed E-state index contributed by atoms with van der Waals surface area (Å²) in [4.78, 5) is 26.4. The first-order valence-electron chi connectivity index (χ1n) is 13.4. The molecule has 36 heavy (non-hydrogen) atoms. The van der Waals surface area contributed by atoms with Crippen LogP contribution < -0.4 is 4.90 Å². The average molecular weight is 487 g/mol. The second kappa shape index (κ2) is 9.14. The van der Waals surface area contributed by atoms with Crippen LogP contribution >= 0.6 is 0 Å². The Hall–Kier alpha value is -3.01. The predicted molar refractivity (Wildman–Crippen MR) is 141 cm³/mol. The number of ether oxygens (including phenoxy) is 1. The number of benzene rings is 1. The number of piperazine rings is 1. The summed E-state index contributed by atoms with van der Waals surface area (Å²) in [5, 5.41) is 1.14. The minimum Gasteiger partial charge on any atom is -0.378 e. The Bertz CT molecular complexity index is 1390. The molecule has 3 saturated heterocycles. The van der Waals surface area contributed by atoms with Crippen molar-refractivity contribution < 1.29 is 4.74 Å². The molecule has 3 aromatic heterocycles. The highest BCUT2D eigenvalue weighted by molar-refractivity contribution is 5.95. The molecule has 9 nitrogen and oxygen atoms in total. The standard InChI is InChI=1S/C27H34N8O/c1-2-35-23(18-32-11-12-33-10-4-5-19(33)17-32)29-24-26(34-13-15-36-16-14-34)30-25(31-27(24)35)21-6-3-7-22-20(21)8-9-28-22/h3,6-9,19,28H,2,4-5,10-18H2,1H3/t19-/m0/s1. The fraction of sp³-hybridized carbons (Fsp3) is 0.519. The van der Waals surface area contributed by atoms with E-state index < -0.39 is 0 Å². The van der Waals surface area contributed by atoms with Gasteiger partial charge in [-0.25, -0.2) is 15.0 Å². The Balaban J connectivity index is 1.33. The summed E-state index contributed by atoms with van der Waals surface area (Å²) in [6.07, 6.45) is 4.64. The molecule has 0 aliphatic carbocycles. The maximum atomic E-state index is 5.65. The molecule has 0 unspecified atom stereocenters. The Labute approximate surface area is 211 Å². The lowest BCUT2D eigenvalue weighted by atomic mass is 10.1. The molecule has 6 heterocycles. The number of H-pyrrole nitrogens is 1. The van der Waals surface area contributed by atoms with Gasteiger partial charge < -0.3 is 19.2 Å². The van der Waals surface area contributed by atoms with Crippen LogP contribution in [0.1, 0.15) is 25.6 Å². The van der Waals surface area contributed by atoms with Gasteiger partial charge in [0.15, 0.2) is 22.8 Å². The third-order valence-electron chi connectivity index (χ3n) is 8.15. The number of rotatable bonds is 5. The Morgan fingerprint density at radius 1 is 1.03 bits per heavy atom. The van der Waals surface area contributed by atoms with Gasteiger partial charge in [-0.05, 0) is 38.4 Å². The van der Waals surface area contributed by atoms with Crippen LogP contribution in [-0.2, 0) is 17.8 Å². The summed E-state index contributed by atoms with van der Waals surface area (Å²) in [5.74, 6) is 2.79. The first-order valence-corrected chi connectivity index (χ1v) is 13.4. The van der Waals surface area contributed by atoms with Gasteiger partial charge in [0.25, 0.3) is 0 Å². The van der Waals surface area contributed by atoms with Gasteiger partial charge in [0, 0.05) is 68.0 Å². The molecular weight excluding hydrogens is 452 g/mol. The van der Waals surface area contributed by atoms with Crippen molar-refractivity contribution in [2.45, 2.75) is 38.9 Å². The maximum Gasteiger partial charge on any atom is 0.166 e. The van der Waals surface area contributed by atoms with E-state index in [1.54, 1.807) is 0 Å². The van der Waals surface area contributed by atoms with Crippen molar-refractivity contribution in [1.29, 1.82) is 0 Å². The van der Waals surface area contributed by atoms with E-state index in [9.17, 15) is 0 Å². The van der Waals surface area contributed by atoms with Crippen molar-refractivity contribution in [1.82, 2.24) is 34.3 Å². The third-order valence-corrected chi connectivity index (χ3v) is 8.15. The molecule has 1 aromatic carbocycles. The fourth-order valence-corrected chi connectivity index (χ4v) is 6.28. The van der Waals surface area contributed by atoms with E-state index in [-0.39, 0.29) is 0 Å². The van der Waals surface area contributed by atoms with Gasteiger partial charge in [0.05, 0.1) is 19.8 Å². The number of hydrogen-bond acceptors (Lipinski definition) is 7. The van der Waals surface area contributed by atoms with Crippen molar-refractivity contribution in [2.24, 2.45) is 0 Å². The maximum absolute atomic E-state index is 5.65. The lowest BCUT2D eigenvalue weighted by Crippen LogP contribution is -2.49. The predicted octanol–water partition coefficient (Wildman–Crippen LogP) is 3.11. The third kappa shape index (κ3) is 3.77. The number of fused-ring (bicyclic) bond motifs is 3. The molecule has 7 rings (SSSR count). The number of aromatic nitrogens is 5. The molecule has 1 atom stereocenters. The molecule has 9 heteroatoms. The van der Waals surface area contributed by atoms with Gasteiger partial charge in [-0.1, -0.05) is 12.1 Å². The summed E-state index contributed by atoms with van der Waals surface area (Å²) >= 11 is 0. The number of nitrogens with zero attached hydrogens (tertiary/aromatic N) is 7. The van der Waals surface area contributed by atoms with Crippen LogP contribution in [-0.4, -0.2) is 92.8 Å². The second-order valence-electron chi connectivity index (χ2n) is 10.2. The molecule has 188 valence electrons. The summed E-state index contributed by atoms with van der Waals surface area (Å²) in [7, 11) is 0. The zero-order valence-corrected chi connectivity index (χ0v) is 21.0. The monoisotopic (exact) mass is 486 g/mol. The Kier molecular flexibility index (Phi) is 5.64. The van der Waals surface area contributed by atoms with Crippen LogP contribution in [0.25, 0.3) is 33.5 Å². The molecule has 3 fully saturated rings. The highest BCUT2D eigenvalue weighted by atomic mass is 16.5. The normalized spacial score (nSPS) is 21.6. The molecule has 3 aliphatic rings. The van der Waals surface area contributed by atoms with Crippen LogP contribution in [0.15, 0.2) is 30.5 Å². The van der Waals surface area contributed by atoms with Crippen molar-refractivity contribution in [3.05, 3.63) is 36.3 Å². The van der Waals surface area contributed by atoms with Crippen LogP contribution in [0.5, 0.6) is 0 Å². The zero-order valence-electron chi connectivity index (χ0n) is 21.0. The van der Waals surface area contributed by atoms with E-state index in [1.807, 2.05) is 6.20 Å². The van der Waals surface area contributed by atoms with E-state index in [1.165, 1.54) is 25.9 Å². The highest BCUT2D eigenvalue weighted by Crippen LogP contribution is 2.32. The van der Waals surface area contributed by atoms with Crippen LogP contribution in [0, 0.1) is 0 Å². The molecular formula is C27H34N8O. The number of aromatic amines is 1. The molecule has 0 spiro atoms. The average Bonchev–Trinajstić information content (AvgIpc) is 3.66. The van der Waals surface area contributed by atoms with Crippen molar-refractivity contribution in [2.75, 3.05) is 57.4 Å². The molecule has 3 aliphatic heterocycles. The number of hydrogen-bond donors (Lipinski definition) is 1. The number of morpholine rings is 1. The van der Waals surface area contributed by atoms with E-state index in [0.29, 0.717) is 19.3 Å². The van der Waals surface area contributed by atoms with Gasteiger partial charge in [-0.3, -0.25) is 9.80 Å². The molecule has 4 aromatic rings. The molecule has 1 N–H and O–H groups in total. The van der Waals surface area contributed by atoms with Gasteiger partial charge in [-0.15, -0.1) is 0 Å². The fourth-order valence-electron chi connectivity index (χ4n) is 6.28. The smallest absolute Gasteiger partial charge is 0.166 e. The quantitative estimate of drug-likeness (QED) is 0.464. The first-order chi connectivity index (χ1) is 17.8. The molecule has 0 amide bonds. The van der Waals surface area contributed by atoms with E-state index in [2.05, 4.69) is 55.4 Å². The number of nitrogens with one attached hydrogen (secondary N) is 1. The summed E-state index contributed by atoms with van der Waals surface area (Å²) in [6, 6.07) is 9.10. The van der Waals surface area contributed by atoms with E-state index in [4.69, 9.17) is 19.7 Å². The number of imidazole rings is 1. The Morgan fingerprint density at radius 3 is 2.83 bits per heavy atom. The lowest BCUT2D eigenvalue weighted by Gasteiger charge is -2.37. The minimum absolute atomic E-state index is 0.704. The molecule has 0 radical (unpaired) electrons. The van der Waals surface area contributed by atoms with Gasteiger partial charge in [-0.2, -0.15) is 0 Å². The van der Waals surface area contributed by atoms with Gasteiger partial charge in [0.2, 0.25) is 0 Å². The van der Waals surface area contributed by atoms with Crippen molar-refractivity contribution in [3.8, 4) is 11.4 Å². The summed E-state index contributed by atoms with van der Waals surface area (Å²) in [6.45, 7) is 11.6. The minimum atomic E-state index is 0.704. The highest BCUT2D eigenvalue weighted by Gasteiger charge is 2.31. The number of anilines is 1. The van der Waals surface area contributed by atoms with E-state index in [0.717, 1.165) is 84.4 Å². The summed E-state index contributed by atoms with van der Waals surface area (Å²) in [5.41, 5.74) is 4.00. The SMILES string of the molecule is CCn1c(CN2CCN3CCC[C@H]3C2)nc2c(N3CCOCC3)nc(-c3cccc4[nH]ccc34)nc21. The van der Waals surface area contributed by atoms with Crippen molar-refractivity contribution >= 4 is 27.9 Å². The largest absolute Gasteiger partial charge is 0.378 e. The first kappa shape index (κ1) is 22.2. The topological polar surface area (TPSA) is 78.3 Å². The van der Waals surface area contributed by atoms with Crippen molar-refractivity contribution in [3.63, 3.8) is 0 Å². The number of aryl methyl sites for hydroxylation is 1. The van der Waals surface area contributed by atoms with Crippen LogP contribution in [0.3, 0.4) is 0 Å². The van der Waals surface area contributed by atoms with E-state index >= 15 is 0 Å². The molecule has 0 bridgehead atoms. The Morgan fingerprint density at radius 2 is 1.94 bits per heavy atom. The second-order valence-corrected chi connectivity index (χ2v) is 10.2. The summed E-state index contributed by atoms with van der Waals surface area (Å²) < 4.78 is 7.96. The zero-order chi connectivity index (χ0) is 24.1. The molecule has 0 saturated carbocycles. The van der Waals surface area contributed by atoms with Gasteiger partial charge >= 0.3 is 0 Å². The van der Waals surface area contributed by atoms with Gasteiger partial charge in [0.1, 0.15) is 5.82 Å². The van der Waals surface area contributed by atoms with Crippen LogP contribution in [0.4, 0.5) is 5.82 Å².